The first-order valence-corrected chi connectivity index (χ1v) is 6.83. The van der Waals surface area contributed by atoms with Crippen LogP contribution in [0.25, 0.3) is 0 Å². The van der Waals surface area contributed by atoms with Crippen molar-refractivity contribution in [1.82, 2.24) is 0 Å². The van der Waals surface area contributed by atoms with Crippen LogP contribution in [-0.2, 0) is 0 Å². The second-order valence-corrected chi connectivity index (χ2v) is 6.49. The topological polar surface area (TPSA) is 23.8 Å². The summed E-state index contributed by atoms with van der Waals surface area (Å²) in [4.78, 5) is 0. The third-order valence-corrected chi connectivity index (χ3v) is 5.19. The van der Waals surface area contributed by atoms with Gasteiger partial charge in [0.15, 0.2) is 0 Å². The molecule has 0 amide bonds. The van der Waals surface area contributed by atoms with E-state index >= 15 is 0 Å². The summed E-state index contributed by atoms with van der Waals surface area (Å²) in [7, 11) is 0. The van der Waals surface area contributed by atoms with Gasteiger partial charge in [-0.2, -0.15) is 5.26 Å². The van der Waals surface area contributed by atoms with Crippen molar-refractivity contribution in [2.45, 2.75) is 32.1 Å². The fourth-order valence-corrected chi connectivity index (χ4v) is 4.75. The van der Waals surface area contributed by atoms with E-state index in [1.807, 2.05) is 0 Å². The van der Waals surface area contributed by atoms with Crippen LogP contribution in [0.15, 0.2) is 10.6 Å². The van der Waals surface area contributed by atoms with E-state index in [9.17, 15) is 0 Å². The first kappa shape index (κ1) is 9.90. The van der Waals surface area contributed by atoms with Crippen molar-refractivity contribution >= 4 is 15.9 Å². The molecule has 0 atom stereocenters. The summed E-state index contributed by atoms with van der Waals surface area (Å²) in [5, 5.41) is 8.82. The van der Waals surface area contributed by atoms with Gasteiger partial charge in [-0.1, -0.05) is 6.08 Å². The molecule has 4 aliphatic carbocycles. The van der Waals surface area contributed by atoms with E-state index in [0.29, 0.717) is 5.92 Å². The standard InChI is InChI=1S/C13H16BrN/c14-12(7-15)6-13-10-2-8-1-9(4-10)5-11(13)3-8/h6,8-11,13H,1-5H2/b12-6-. The van der Waals surface area contributed by atoms with Crippen molar-refractivity contribution < 1.29 is 0 Å². The highest BCUT2D eigenvalue weighted by molar-refractivity contribution is 9.12. The molecule has 15 heavy (non-hydrogen) atoms. The zero-order valence-electron chi connectivity index (χ0n) is 8.82. The van der Waals surface area contributed by atoms with Gasteiger partial charge in [0.05, 0.1) is 4.48 Å². The number of halogens is 1. The SMILES string of the molecule is N#C/C(Br)=C/C1C2CC3CC(C2)CC1C3. The third-order valence-electron chi connectivity index (χ3n) is 4.75. The summed E-state index contributed by atoms with van der Waals surface area (Å²) in [6, 6.07) is 2.20. The van der Waals surface area contributed by atoms with Gasteiger partial charge in [0, 0.05) is 0 Å². The molecule has 0 unspecified atom stereocenters. The van der Waals surface area contributed by atoms with Crippen molar-refractivity contribution in [2.75, 3.05) is 0 Å². The van der Waals surface area contributed by atoms with Gasteiger partial charge in [0.2, 0.25) is 0 Å². The van der Waals surface area contributed by atoms with Crippen LogP contribution in [0.4, 0.5) is 0 Å². The summed E-state index contributed by atoms with van der Waals surface area (Å²) in [6.07, 6.45) is 9.43. The Kier molecular flexibility index (Phi) is 2.39. The van der Waals surface area contributed by atoms with Crippen molar-refractivity contribution in [3.05, 3.63) is 10.6 Å². The van der Waals surface area contributed by atoms with Gasteiger partial charge in [0.25, 0.3) is 0 Å². The Morgan fingerprint density at radius 1 is 1.07 bits per heavy atom. The van der Waals surface area contributed by atoms with Gasteiger partial charge in [-0.15, -0.1) is 0 Å². The molecule has 4 rings (SSSR count). The maximum absolute atomic E-state index is 8.82. The average molecular weight is 266 g/mol. The lowest BCUT2D eigenvalue weighted by atomic mass is 9.52. The Bertz CT molecular complexity index is 311. The number of allylic oxidation sites excluding steroid dienone is 2. The highest BCUT2D eigenvalue weighted by atomic mass is 79.9. The van der Waals surface area contributed by atoms with Gasteiger partial charge >= 0.3 is 0 Å². The summed E-state index contributed by atoms with van der Waals surface area (Å²) >= 11 is 3.35. The minimum atomic E-state index is 0.701. The first-order chi connectivity index (χ1) is 7.26. The molecule has 0 N–H and O–H groups in total. The molecule has 1 nitrogen and oxygen atoms in total. The monoisotopic (exact) mass is 265 g/mol. The summed E-state index contributed by atoms with van der Waals surface area (Å²) < 4.78 is 0.750. The highest BCUT2D eigenvalue weighted by Crippen LogP contribution is 2.57. The Balaban J connectivity index is 1.84. The smallest absolute Gasteiger partial charge is 0.106 e. The van der Waals surface area contributed by atoms with Crippen LogP contribution in [0, 0.1) is 40.9 Å². The predicted octanol–water partition coefficient (Wildman–Crippen LogP) is 3.86. The Morgan fingerprint density at radius 3 is 2.07 bits per heavy atom. The molecular formula is C13H16BrN. The molecule has 0 radical (unpaired) electrons. The molecule has 0 aromatic rings. The van der Waals surface area contributed by atoms with Crippen molar-refractivity contribution in [3.8, 4) is 6.07 Å². The molecule has 0 aromatic heterocycles. The quantitative estimate of drug-likeness (QED) is 0.661. The fraction of sp³-hybridized carbons (Fsp3) is 0.769. The molecule has 4 bridgehead atoms. The molecule has 0 heterocycles. The molecule has 4 aliphatic rings. The minimum Gasteiger partial charge on any atom is -0.192 e. The Morgan fingerprint density at radius 2 is 1.60 bits per heavy atom. The number of nitriles is 1. The molecule has 0 spiro atoms. The molecular weight excluding hydrogens is 250 g/mol. The van der Waals surface area contributed by atoms with E-state index in [0.717, 1.165) is 28.2 Å². The second-order valence-electron chi connectivity index (χ2n) is 5.63. The second kappa shape index (κ2) is 3.63. The lowest BCUT2D eigenvalue weighted by molar-refractivity contribution is -0.0161. The molecule has 4 saturated carbocycles. The molecule has 0 saturated heterocycles. The molecule has 0 aromatic carbocycles. The molecule has 80 valence electrons. The lowest BCUT2D eigenvalue weighted by Crippen LogP contribution is -2.44. The van der Waals surface area contributed by atoms with E-state index in [1.165, 1.54) is 32.1 Å². The normalized spacial score (nSPS) is 48.0. The third kappa shape index (κ3) is 1.65. The van der Waals surface area contributed by atoms with Crippen LogP contribution in [0.3, 0.4) is 0 Å². The number of rotatable bonds is 1. The van der Waals surface area contributed by atoms with Crippen molar-refractivity contribution in [1.29, 1.82) is 5.26 Å². The molecule has 2 heteroatoms. The van der Waals surface area contributed by atoms with Crippen LogP contribution in [0.5, 0.6) is 0 Å². The van der Waals surface area contributed by atoms with Gasteiger partial charge in [-0.05, 0) is 77.6 Å². The maximum Gasteiger partial charge on any atom is 0.106 e. The molecule has 0 aliphatic heterocycles. The fourth-order valence-electron chi connectivity index (χ4n) is 4.45. The van der Waals surface area contributed by atoms with Gasteiger partial charge in [-0.3, -0.25) is 0 Å². The minimum absolute atomic E-state index is 0.701. The number of nitrogens with zero attached hydrogens (tertiary/aromatic N) is 1. The number of hydrogen-bond donors (Lipinski definition) is 0. The van der Waals surface area contributed by atoms with Crippen LogP contribution in [-0.4, -0.2) is 0 Å². The van der Waals surface area contributed by atoms with Crippen LogP contribution in [0.2, 0.25) is 0 Å². The Hall–Kier alpha value is -0.290. The van der Waals surface area contributed by atoms with E-state index in [4.69, 9.17) is 5.26 Å². The van der Waals surface area contributed by atoms with Crippen LogP contribution >= 0.6 is 15.9 Å². The first-order valence-electron chi connectivity index (χ1n) is 6.03. The van der Waals surface area contributed by atoms with Crippen LogP contribution in [0.1, 0.15) is 32.1 Å². The zero-order valence-corrected chi connectivity index (χ0v) is 10.4. The summed E-state index contributed by atoms with van der Waals surface area (Å²) in [6.45, 7) is 0. The summed E-state index contributed by atoms with van der Waals surface area (Å²) in [5.74, 6) is 4.53. The zero-order chi connectivity index (χ0) is 10.4. The Labute approximate surface area is 99.7 Å². The van der Waals surface area contributed by atoms with E-state index in [-0.39, 0.29) is 0 Å². The van der Waals surface area contributed by atoms with Crippen molar-refractivity contribution in [2.24, 2.45) is 29.6 Å². The average Bonchev–Trinajstić information content (AvgIpc) is 2.22. The number of hydrogen-bond acceptors (Lipinski definition) is 1. The lowest BCUT2D eigenvalue weighted by Gasteiger charge is -2.53. The van der Waals surface area contributed by atoms with Gasteiger partial charge < -0.3 is 0 Å². The maximum atomic E-state index is 8.82. The van der Waals surface area contributed by atoms with E-state index in [2.05, 4.69) is 28.1 Å². The highest BCUT2D eigenvalue weighted by Gasteiger charge is 2.47. The summed E-state index contributed by atoms with van der Waals surface area (Å²) in [5.41, 5.74) is 0. The predicted molar refractivity (Wildman–Crippen MR) is 63.2 cm³/mol. The molecule has 4 fully saturated rings. The van der Waals surface area contributed by atoms with Gasteiger partial charge in [-0.25, -0.2) is 0 Å². The van der Waals surface area contributed by atoms with E-state index in [1.54, 1.807) is 0 Å². The van der Waals surface area contributed by atoms with Crippen molar-refractivity contribution in [3.63, 3.8) is 0 Å². The van der Waals surface area contributed by atoms with Gasteiger partial charge in [0.1, 0.15) is 6.07 Å². The van der Waals surface area contributed by atoms with Crippen LogP contribution < -0.4 is 0 Å². The van der Waals surface area contributed by atoms with E-state index < -0.39 is 0 Å². The largest absolute Gasteiger partial charge is 0.192 e.